The minimum atomic E-state index is -3.77. The van der Waals surface area contributed by atoms with Crippen LogP contribution in [0.5, 0.6) is 0 Å². The third kappa shape index (κ3) is 2.08. The molecule has 1 fully saturated rings. The Hall–Kier alpha value is -1.86. The summed E-state index contributed by atoms with van der Waals surface area (Å²) in [6, 6.07) is 4.71. The van der Waals surface area contributed by atoms with Crippen LogP contribution in [0, 0.1) is 0 Å². The number of nitrogens with one attached hydrogen (secondary N) is 2. The third-order valence-corrected chi connectivity index (χ3v) is 5.49. The number of nitrogens with zero attached hydrogens (tertiary/aromatic N) is 1. The first kappa shape index (κ1) is 13.1. The molecule has 3 heterocycles. The van der Waals surface area contributed by atoms with Crippen LogP contribution in [0.1, 0.15) is 24.6 Å². The van der Waals surface area contributed by atoms with Crippen molar-refractivity contribution in [2.24, 2.45) is 0 Å². The van der Waals surface area contributed by atoms with Gasteiger partial charge in [-0.3, -0.25) is 4.79 Å². The molecule has 0 saturated carbocycles. The third-order valence-electron chi connectivity index (χ3n) is 3.56. The molecule has 1 aliphatic rings. The van der Waals surface area contributed by atoms with Crippen molar-refractivity contribution in [3.8, 4) is 0 Å². The second-order valence-electron chi connectivity index (χ2n) is 4.77. The minimum Gasteiger partial charge on any atom is -0.366 e. The standard InChI is InChI=1S/C13H15N3O3S/c17-12-5-7-14-9-13(12)20(18,19)16-8-2-4-11(16)10-3-1-6-15-10/h1,3,5-7,9,11,15H,2,4,8H2,(H,14,17). The van der Waals surface area contributed by atoms with Gasteiger partial charge < -0.3 is 9.97 Å². The molecule has 1 saturated heterocycles. The van der Waals surface area contributed by atoms with Crippen LogP contribution in [0.2, 0.25) is 0 Å². The van der Waals surface area contributed by atoms with Crippen molar-refractivity contribution in [1.29, 1.82) is 0 Å². The Kier molecular flexibility index (Phi) is 3.23. The lowest BCUT2D eigenvalue weighted by Crippen LogP contribution is -2.33. The van der Waals surface area contributed by atoms with E-state index in [1.165, 1.54) is 22.8 Å². The van der Waals surface area contributed by atoms with Gasteiger partial charge in [-0.05, 0) is 25.0 Å². The zero-order valence-electron chi connectivity index (χ0n) is 10.7. The molecule has 0 aromatic carbocycles. The van der Waals surface area contributed by atoms with Crippen molar-refractivity contribution in [1.82, 2.24) is 14.3 Å². The second-order valence-corrected chi connectivity index (χ2v) is 6.63. The molecule has 0 amide bonds. The predicted octanol–water partition coefficient (Wildman–Crippen LogP) is 1.23. The first-order valence-corrected chi connectivity index (χ1v) is 7.87. The summed E-state index contributed by atoms with van der Waals surface area (Å²) in [5.41, 5.74) is 0.374. The maximum absolute atomic E-state index is 12.7. The molecular formula is C13H15N3O3S. The molecule has 1 atom stereocenters. The zero-order chi connectivity index (χ0) is 14.2. The van der Waals surface area contributed by atoms with Gasteiger partial charge in [0, 0.05) is 36.9 Å². The summed E-state index contributed by atoms with van der Waals surface area (Å²) >= 11 is 0. The smallest absolute Gasteiger partial charge is 0.249 e. The van der Waals surface area contributed by atoms with Crippen molar-refractivity contribution < 1.29 is 8.42 Å². The Labute approximate surface area is 116 Å². The van der Waals surface area contributed by atoms with Crippen molar-refractivity contribution in [2.45, 2.75) is 23.8 Å². The topological polar surface area (TPSA) is 86.0 Å². The molecule has 0 radical (unpaired) electrons. The van der Waals surface area contributed by atoms with E-state index in [0.29, 0.717) is 6.54 Å². The fraction of sp³-hybridized carbons (Fsp3) is 0.308. The first-order valence-electron chi connectivity index (χ1n) is 6.43. The van der Waals surface area contributed by atoms with Gasteiger partial charge in [0.15, 0.2) is 0 Å². The number of pyridine rings is 1. The van der Waals surface area contributed by atoms with E-state index in [0.717, 1.165) is 18.5 Å². The average Bonchev–Trinajstić information content (AvgIpc) is 3.10. The van der Waals surface area contributed by atoms with E-state index in [4.69, 9.17) is 0 Å². The predicted molar refractivity (Wildman–Crippen MR) is 73.7 cm³/mol. The molecule has 3 rings (SSSR count). The van der Waals surface area contributed by atoms with Crippen molar-refractivity contribution in [3.63, 3.8) is 0 Å². The Morgan fingerprint density at radius 2 is 2.10 bits per heavy atom. The quantitative estimate of drug-likeness (QED) is 0.892. The number of sulfonamides is 1. The van der Waals surface area contributed by atoms with Crippen LogP contribution in [0.4, 0.5) is 0 Å². The zero-order valence-corrected chi connectivity index (χ0v) is 11.6. The van der Waals surface area contributed by atoms with Crippen molar-refractivity contribution in [2.75, 3.05) is 6.54 Å². The normalized spacial score (nSPS) is 20.3. The van der Waals surface area contributed by atoms with Gasteiger partial charge in [0.2, 0.25) is 15.5 Å². The highest BCUT2D eigenvalue weighted by atomic mass is 32.2. The molecule has 0 aliphatic carbocycles. The van der Waals surface area contributed by atoms with Crippen LogP contribution in [0.3, 0.4) is 0 Å². The van der Waals surface area contributed by atoms with Gasteiger partial charge in [0.25, 0.3) is 0 Å². The lowest BCUT2D eigenvalue weighted by atomic mass is 10.2. The van der Waals surface area contributed by atoms with Gasteiger partial charge in [0.1, 0.15) is 4.90 Å². The van der Waals surface area contributed by atoms with E-state index in [-0.39, 0.29) is 10.9 Å². The first-order chi connectivity index (χ1) is 9.60. The summed E-state index contributed by atoms with van der Waals surface area (Å²) < 4.78 is 26.7. The maximum atomic E-state index is 12.7. The molecule has 1 unspecified atom stereocenters. The number of hydrogen-bond donors (Lipinski definition) is 2. The fourth-order valence-corrected chi connectivity index (χ4v) is 4.33. The van der Waals surface area contributed by atoms with Gasteiger partial charge in [-0.1, -0.05) is 0 Å². The molecule has 0 bridgehead atoms. The lowest BCUT2D eigenvalue weighted by molar-refractivity contribution is 0.391. The molecule has 2 N–H and O–H groups in total. The van der Waals surface area contributed by atoms with Crippen LogP contribution in [0.25, 0.3) is 0 Å². The summed E-state index contributed by atoms with van der Waals surface area (Å²) in [5.74, 6) is 0. The highest BCUT2D eigenvalue weighted by molar-refractivity contribution is 7.89. The Balaban J connectivity index is 2.03. The molecule has 6 nitrogen and oxygen atoms in total. The van der Waals surface area contributed by atoms with Gasteiger partial charge in [0.05, 0.1) is 6.04 Å². The van der Waals surface area contributed by atoms with Crippen molar-refractivity contribution >= 4 is 10.0 Å². The van der Waals surface area contributed by atoms with E-state index >= 15 is 0 Å². The summed E-state index contributed by atoms with van der Waals surface area (Å²) in [6.07, 6.45) is 5.99. The number of rotatable bonds is 3. The molecule has 106 valence electrons. The van der Waals surface area contributed by atoms with Gasteiger partial charge in [-0.2, -0.15) is 4.31 Å². The summed E-state index contributed by atoms with van der Waals surface area (Å²) in [6.45, 7) is 0.431. The molecule has 2 aromatic rings. The maximum Gasteiger partial charge on any atom is 0.249 e. The van der Waals surface area contributed by atoms with E-state index < -0.39 is 15.5 Å². The van der Waals surface area contributed by atoms with E-state index in [1.807, 2.05) is 12.1 Å². The number of H-pyrrole nitrogens is 2. The number of hydrogen-bond acceptors (Lipinski definition) is 3. The SMILES string of the molecule is O=c1cc[nH]cc1S(=O)(=O)N1CCCC1c1ccc[nH]1. The van der Waals surface area contributed by atoms with Crippen LogP contribution < -0.4 is 5.43 Å². The summed E-state index contributed by atoms with van der Waals surface area (Å²) in [7, 11) is -3.77. The molecule has 1 aliphatic heterocycles. The molecule has 0 spiro atoms. The van der Waals surface area contributed by atoms with Crippen LogP contribution >= 0.6 is 0 Å². The van der Waals surface area contributed by atoms with Gasteiger partial charge in [-0.25, -0.2) is 8.42 Å². The highest BCUT2D eigenvalue weighted by Gasteiger charge is 2.37. The average molecular weight is 293 g/mol. The largest absolute Gasteiger partial charge is 0.366 e. The van der Waals surface area contributed by atoms with Gasteiger partial charge >= 0.3 is 0 Å². The number of aromatic amines is 2. The highest BCUT2D eigenvalue weighted by Crippen LogP contribution is 2.34. The molecule has 7 heteroatoms. The van der Waals surface area contributed by atoms with Crippen LogP contribution in [-0.2, 0) is 10.0 Å². The second kappa shape index (κ2) is 4.92. The molecule has 20 heavy (non-hydrogen) atoms. The monoisotopic (exact) mass is 293 g/mol. The number of aromatic nitrogens is 2. The molecule has 2 aromatic heterocycles. The Morgan fingerprint density at radius 3 is 2.80 bits per heavy atom. The summed E-state index contributed by atoms with van der Waals surface area (Å²) in [5, 5.41) is 0. The fourth-order valence-electron chi connectivity index (χ4n) is 2.62. The van der Waals surface area contributed by atoms with Gasteiger partial charge in [-0.15, -0.1) is 0 Å². The van der Waals surface area contributed by atoms with E-state index in [1.54, 1.807) is 6.20 Å². The van der Waals surface area contributed by atoms with E-state index in [9.17, 15) is 13.2 Å². The Morgan fingerprint density at radius 1 is 1.25 bits per heavy atom. The minimum absolute atomic E-state index is 0.196. The summed E-state index contributed by atoms with van der Waals surface area (Å²) in [4.78, 5) is 17.3. The van der Waals surface area contributed by atoms with E-state index in [2.05, 4.69) is 9.97 Å². The molecular weight excluding hydrogens is 278 g/mol. The van der Waals surface area contributed by atoms with Crippen molar-refractivity contribution in [3.05, 3.63) is 52.7 Å². The Bertz CT molecular complexity index is 749. The van der Waals surface area contributed by atoms with Crippen LogP contribution in [-0.4, -0.2) is 29.2 Å². The van der Waals surface area contributed by atoms with Crippen LogP contribution in [0.15, 0.2) is 46.5 Å². The lowest BCUT2D eigenvalue weighted by Gasteiger charge is -2.22.